The van der Waals surface area contributed by atoms with Gasteiger partial charge in [0.05, 0.1) is 18.5 Å². The molecule has 1 N–H and O–H groups in total. The maximum absolute atomic E-state index is 5.70. The maximum atomic E-state index is 5.70. The van der Waals surface area contributed by atoms with E-state index in [1.165, 1.54) is 0 Å². The summed E-state index contributed by atoms with van der Waals surface area (Å²) in [5.41, 5.74) is 0.947. The van der Waals surface area contributed by atoms with Crippen LogP contribution in [-0.2, 0) is 6.54 Å². The summed E-state index contributed by atoms with van der Waals surface area (Å²) in [7, 11) is 1.91. The zero-order chi connectivity index (χ0) is 12.7. The lowest BCUT2D eigenvalue weighted by Gasteiger charge is -2.12. The summed E-state index contributed by atoms with van der Waals surface area (Å²) in [5, 5.41) is 3.11. The van der Waals surface area contributed by atoms with Crippen molar-refractivity contribution in [2.24, 2.45) is 0 Å². The van der Waals surface area contributed by atoms with Crippen molar-refractivity contribution in [3.8, 4) is 5.75 Å². The van der Waals surface area contributed by atoms with Gasteiger partial charge < -0.3 is 10.1 Å². The molecule has 0 aromatic carbocycles. The highest BCUT2D eigenvalue weighted by molar-refractivity contribution is 5.25. The summed E-state index contributed by atoms with van der Waals surface area (Å²) >= 11 is 0. The number of unbranched alkanes of at least 4 members (excludes halogenated alkanes) is 1. The highest BCUT2D eigenvalue weighted by Gasteiger charge is 2.09. The Morgan fingerprint density at radius 3 is 2.76 bits per heavy atom. The van der Waals surface area contributed by atoms with Crippen LogP contribution >= 0.6 is 0 Å². The van der Waals surface area contributed by atoms with Crippen LogP contribution in [0, 0.1) is 0 Å². The monoisotopic (exact) mass is 237 g/mol. The van der Waals surface area contributed by atoms with E-state index in [1.807, 2.05) is 7.05 Å². The van der Waals surface area contributed by atoms with E-state index in [2.05, 4.69) is 36.1 Å². The maximum Gasteiger partial charge on any atom is 0.160 e. The molecule has 0 atom stereocenters. The van der Waals surface area contributed by atoms with E-state index in [-0.39, 0.29) is 0 Å². The van der Waals surface area contributed by atoms with Gasteiger partial charge in [0, 0.05) is 12.5 Å². The van der Waals surface area contributed by atoms with E-state index in [1.54, 1.807) is 6.20 Å². The molecule has 1 heterocycles. The molecule has 0 saturated carbocycles. The van der Waals surface area contributed by atoms with Gasteiger partial charge >= 0.3 is 0 Å². The first kappa shape index (κ1) is 13.9. The van der Waals surface area contributed by atoms with Crippen LogP contribution in [0.4, 0.5) is 0 Å². The molecule has 0 spiro atoms. The van der Waals surface area contributed by atoms with Crippen molar-refractivity contribution in [3.05, 3.63) is 17.7 Å². The number of nitrogens with zero attached hydrogens (tertiary/aromatic N) is 2. The van der Waals surface area contributed by atoms with Crippen molar-refractivity contribution < 1.29 is 4.74 Å². The SMILES string of the molecule is CCCCOc1cnc(C(C)C)nc1CNC. The van der Waals surface area contributed by atoms with Gasteiger partial charge in [0.25, 0.3) is 0 Å². The standard InChI is InChI=1S/C13H23N3O/c1-5-6-7-17-12-9-15-13(10(2)3)16-11(12)8-14-4/h9-10,14H,5-8H2,1-4H3. The number of rotatable bonds is 7. The molecule has 0 aliphatic carbocycles. The second kappa shape index (κ2) is 7.22. The minimum atomic E-state index is 0.343. The van der Waals surface area contributed by atoms with Gasteiger partial charge in [0.2, 0.25) is 0 Å². The lowest BCUT2D eigenvalue weighted by molar-refractivity contribution is 0.302. The fourth-order valence-corrected chi connectivity index (χ4v) is 1.44. The van der Waals surface area contributed by atoms with Crippen molar-refractivity contribution in [2.45, 2.75) is 46.1 Å². The fraction of sp³-hybridized carbons (Fsp3) is 0.692. The van der Waals surface area contributed by atoms with Crippen LogP contribution < -0.4 is 10.1 Å². The summed E-state index contributed by atoms with van der Waals surface area (Å²) < 4.78 is 5.70. The molecule has 17 heavy (non-hydrogen) atoms. The van der Waals surface area contributed by atoms with E-state index in [4.69, 9.17) is 4.74 Å². The number of hydrogen-bond acceptors (Lipinski definition) is 4. The normalized spacial score (nSPS) is 10.9. The zero-order valence-electron chi connectivity index (χ0n) is 11.3. The molecule has 1 aromatic heterocycles. The van der Waals surface area contributed by atoms with Gasteiger partial charge in [-0.15, -0.1) is 0 Å². The predicted molar refractivity (Wildman–Crippen MR) is 69.3 cm³/mol. The Kier molecular flexibility index (Phi) is 5.91. The Morgan fingerprint density at radius 2 is 2.18 bits per heavy atom. The van der Waals surface area contributed by atoms with Crippen LogP contribution in [-0.4, -0.2) is 23.6 Å². The van der Waals surface area contributed by atoms with Gasteiger partial charge in [-0.05, 0) is 13.5 Å². The lowest BCUT2D eigenvalue weighted by atomic mass is 10.2. The van der Waals surface area contributed by atoms with Gasteiger partial charge in [-0.1, -0.05) is 27.2 Å². The Balaban J connectivity index is 2.80. The van der Waals surface area contributed by atoms with Crippen molar-refractivity contribution in [2.75, 3.05) is 13.7 Å². The van der Waals surface area contributed by atoms with Crippen molar-refractivity contribution >= 4 is 0 Å². The largest absolute Gasteiger partial charge is 0.490 e. The van der Waals surface area contributed by atoms with E-state index in [9.17, 15) is 0 Å². The van der Waals surface area contributed by atoms with E-state index >= 15 is 0 Å². The smallest absolute Gasteiger partial charge is 0.160 e. The molecule has 0 radical (unpaired) electrons. The van der Waals surface area contributed by atoms with Crippen LogP contribution in [0.3, 0.4) is 0 Å². The molecule has 0 aliphatic rings. The highest BCUT2D eigenvalue weighted by Crippen LogP contribution is 2.18. The summed E-state index contributed by atoms with van der Waals surface area (Å²) in [4.78, 5) is 8.88. The van der Waals surface area contributed by atoms with Gasteiger partial charge in [-0.3, -0.25) is 0 Å². The Bertz CT molecular complexity index is 339. The third-order valence-corrected chi connectivity index (χ3v) is 2.46. The molecule has 1 aromatic rings. The average Bonchev–Trinajstić information content (AvgIpc) is 2.31. The van der Waals surface area contributed by atoms with Crippen LogP contribution in [0.1, 0.15) is 51.0 Å². The Labute approximate surface area is 104 Å². The molecular weight excluding hydrogens is 214 g/mol. The fourth-order valence-electron chi connectivity index (χ4n) is 1.44. The van der Waals surface area contributed by atoms with Crippen LogP contribution in [0.5, 0.6) is 5.75 Å². The average molecular weight is 237 g/mol. The van der Waals surface area contributed by atoms with Gasteiger partial charge in [-0.2, -0.15) is 0 Å². The second-order valence-electron chi connectivity index (χ2n) is 4.43. The number of hydrogen-bond donors (Lipinski definition) is 1. The molecule has 0 aliphatic heterocycles. The quantitative estimate of drug-likeness (QED) is 0.740. The molecule has 0 unspecified atom stereocenters. The molecule has 0 bridgehead atoms. The molecular formula is C13H23N3O. The molecule has 1 rings (SSSR count). The first-order valence-corrected chi connectivity index (χ1v) is 6.32. The molecule has 0 fully saturated rings. The third kappa shape index (κ3) is 4.30. The van der Waals surface area contributed by atoms with Crippen LogP contribution in [0.25, 0.3) is 0 Å². The van der Waals surface area contributed by atoms with E-state index < -0.39 is 0 Å². The summed E-state index contributed by atoms with van der Waals surface area (Å²) in [5.74, 6) is 2.02. The summed E-state index contributed by atoms with van der Waals surface area (Å²) in [6, 6.07) is 0. The molecule has 0 saturated heterocycles. The van der Waals surface area contributed by atoms with Gasteiger partial charge in [-0.25, -0.2) is 9.97 Å². The molecule has 96 valence electrons. The van der Waals surface area contributed by atoms with Crippen LogP contribution in [0.15, 0.2) is 6.20 Å². The minimum Gasteiger partial charge on any atom is -0.490 e. The zero-order valence-corrected chi connectivity index (χ0v) is 11.3. The Morgan fingerprint density at radius 1 is 1.41 bits per heavy atom. The molecule has 4 nitrogen and oxygen atoms in total. The van der Waals surface area contributed by atoms with E-state index in [0.717, 1.165) is 36.7 Å². The van der Waals surface area contributed by atoms with Crippen molar-refractivity contribution in [1.29, 1.82) is 0 Å². The second-order valence-corrected chi connectivity index (χ2v) is 4.43. The first-order valence-electron chi connectivity index (χ1n) is 6.32. The van der Waals surface area contributed by atoms with Crippen molar-refractivity contribution in [1.82, 2.24) is 15.3 Å². The minimum absolute atomic E-state index is 0.343. The van der Waals surface area contributed by atoms with Crippen LogP contribution in [0.2, 0.25) is 0 Å². The lowest BCUT2D eigenvalue weighted by Crippen LogP contribution is -2.12. The Hall–Kier alpha value is -1.16. The summed E-state index contributed by atoms with van der Waals surface area (Å²) in [6.07, 6.45) is 3.99. The van der Waals surface area contributed by atoms with Crippen molar-refractivity contribution in [3.63, 3.8) is 0 Å². The number of ether oxygens (including phenoxy) is 1. The highest BCUT2D eigenvalue weighted by atomic mass is 16.5. The van der Waals surface area contributed by atoms with E-state index in [0.29, 0.717) is 12.5 Å². The first-order chi connectivity index (χ1) is 8.19. The molecule has 4 heteroatoms. The topological polar surface area (TPSA) is 47.0 Å². The number of aromatic nitrogens is 2. The molecule has 0 amide bonds. The predicted octanol–water partition coefficient (Wildman–Crippen LogP) is 2.50. The number of nitrogens with one attached hydrogen (secondary N) is 1. The third-order valence-electron chi connectivity index (χ3n) is 2.46. The van der Waals surface area contributed by atoms with Gasteiger partial charge in [0.1, 0.15) is 5.82 Å². The summed E-state index contributed by atoms with van der Waals surface area (Å²) in [6.45, 7) is 7.78. The van der Waals surface area contributed by atoms with Gasteiger partial charge in [0.15, 0.2) is 5.75 Å².